The molecule has 1 heterocycles. The number of carbonyl (C=O) groups is 1. The number of aryl methyl sites for hydroxylation is 2. The van der Waals surface area contributed by atoms with Crippen LogP contribution in [0.2, 0.25) is 0 Å². The van der Waals surface area contributed by atoms with E-state index in [1.54, 1.807) is 0 Å². The molecule has 3 nitrogen and oxygen atoms in total. The number of likely N-dealkylation sites (tertiary alicyclic amines) is 1. The summed E-state index contributed by atoms with van der Waals surface area (Å²) in [6.07, 6.45) is 7.65. The van der Waals surface area contributed by atoms with Gasteiger partial charge < -0.3 is 10.6 Å². The highest BCUT2D eigenvalue weighted by Gasteiger charge is 2.27. The third-order valence-electron chi connectivity index (χ3n) is 4.74. The number of rotatable bonds is 3. The molecule has 1 fully saturated rings. The van der Waals surface area contributed by atoms with E-state index >= 15 is 0 Å². The lowest BCUT2D eigenvalue weighted by atomic mass is 9.90. The highest BCUT2D eigenvalue weighted by atomic mass is 35.5. The van der Waals surface area contributed by atoms with E-state index in [-0.39, 0.29) is 24.4 Å². The summed E-state index contributed by atoms with van der Waals surface area (Å²) in [5, 5.41) is 0. The van der Waals surface area contributed by atoms with Crippen molar-refractivity contribution in [3.8, 4) is 0 Å². The number of benzene rings is 1. The molecular formula is C17H25ClN2O. The van der Waals surface area contributed by atoms with Gasteiger partial charge in [0.15, 0.2) is 0 Å². The number of halogens is 1. The van der Waals surface area contributed by atoms with Crippen molar-refractivity contribution in [2.75, 3.05) is 13.1 Å². The molecule has 0 aromatic heterocycles. The molecule has 0 spiro atoms. The van der Waals surface area contributed by atoms with E-state index in [9.17, 15) is 4.79 Å². The Bertz CT molecular complexity index is 504. The van der Waals surface area contributed by atoms with E-state index in [1.807, 2.05) is 4.90 Å². The van der Waals surface area contributed by atoms with Gasteiger partial charge in [-0.25, -0.2) is 0 Å². The lowest BCUT2D eigenvalue weighted by Crippen LogP contribution is -2.40. The molecule has 2 aliphatic rings. The summed E-state index contributed by atoms with van der Waals surface area (Å²) < 4.78 is 0. The average molecular weight is 309 g/mol. The zero-order valence-corrected chi connectivity index (χ0v) is 13.3. The topological polar surface area (TPSA) is 46.3 Å². The summed E-state index contributed by atoms with van der Waals surface area (Å²) in [5.41, 5.74) is 9.85. The van der Waals surface area contributed by atoms with Gasteiger partial charge in [-0.05, 0) is 55.2 Å². The van der Waals surface area contributed by atoms with Gasteiger partial charge in [-0.2, -0.15) is 0 Å². The number of fused-ring (bicyclic) bond motifs is 1. The molecular weight excluding hydrogens is 284 g/mol. The molecule has 0 radical (unpaired) electrons. The van der Waals surface area contributed by atoms with Crippen LogP contribution >= 0.6 is 12.4 Å². The first-order valence-electron chi connectivity index (χ1n) is 7.88. The minimum Gasteiger partial charge on any atom is -0.338 e. The molecule has 0 saturated carbocycles. The molecule has 2 N–H and O–H groups in total. The first-order valence-corrected chi connectivity index (χ1v) is 7.88. The van der Waals surface area contributed by atoms with Crippen LogP contribution in [-0.4, -0.2) is 29.9 Å². The lowest BCUT2D eigenvalue weighted by Gasteiger charge is -2.24. The van der Waals surface area contributed by atoms with Gasteiger partial charge in [0.05, 0.1) is 6.42 Å². The molecule has 1 aliphatic carbocycles. The number of nitrogens with two attached hydrogens (primary N) is 1. The first-order chi connectivity index (χ1) is 9.78. The monoisotopic (exact) mass is 308 g/mol. The van der Waals surface area contributed by atoms with Crippen molar-refractivity contribution in [2.24, 2.45) is 5.73 Å². The molecule has 1 saturated heterocycles. The van der Waals surface area contributed by atoms with Crippen LogP contribution in [0, 0.1) is 0 Å². The Morgan fingerprint density at radius 2 is 1.95 bits per heavy atom. The van der Waals surface area contributed by atoms with Crippen LogP contribution in [0.3, 0.4) is 0 Å². The molecule has 1 aromatic rings. The summed E-state index contributed by atoms with van der Waals surface area (Å²) in [6.45, 7) is 1.47. The Kier molecular flexibility index (Phi) is 5.65. The summed E-state index contributed by atoms with van der Waals surface area (Å²) in [5.74, 6) is 0.244. The van der Waals surface area contributed by atoms with Crippen LogP contribution in [0.5, 0.6) is 0 Å². The van der Waals surface area contributed by atoms with Gasteiger partial charge in [0, 0.05) is 19.1 Å². The van der Waals surface area contributed by atoms with E-state index in [2.05, 4.69) is 18.2 Å². The summed E-state index contributed by atoms with van der Waals surface area (Å²) in [7, 11) is 0. The molecule has 1 aliphatic heterocycles. The minimum atomic E-state index is 0. The molecule has 0 bridgehead atoms. The highest BCUT2D eigenvalue weighted by molar-refractivity contribution is 5.85. The number of carbonyl (C=O) groups excluding carboxylic acids is 1. The normalized spacial score (nSPS) is 20.8. The highest BCUT2D eigenvalue weighted by Crippen LogP contribution is 2.23. The molecule has 3 rings (SSSR count). The Balaban J connectivity index is 0.00000161. The maximum Gasteiger partial charge on any atom is 0.227 e. The molecule has 116 valence electrons. The SMILES string of the molecule is Cl.NCC1CCCN1C(=O)Cc1ccc2c(c1)CCCC2. The van der Waals surface area contributed by atoms with Crippen LogP contribution in [0.25, 0.3) is 0 Å². The largest absolute Gasteiger partial charge is 0.338 e. The van der Waals surface area contributed by atoms with Crippen molar-refractivity contribution in [1.82, 2.24) is 4.90 Å². The standard InChI is InChI=1S/C17H24N2O.ClH/c18-12-16-6-3-9-19(16)17(20)11-13-7-8-14-4-1-2-5-15(14)10-13;/h7-8,10,16H,1-6,9,11-12,18H2;1H. The summed E-state index contributed by atoms with van der Waals surface area (Å²) in [4.78, 5) is 14.4. The second kappa shape index (κ2) is 7.28. The van der Waals surface area contributed by atoms with Gasteiger partial charge in [-0.15, -0.1) is 12.4 Å². The molecule has 1 aromatic carbocycles. The number of hydrogen-bond donors (Lipinski definition) is 1. The number of nitrogens with zero attached hydrogens (tertiary/aromatic N) is 1. The van der Waals surface area contributed by atoms with Crippen molar-refractivity contribution in [2.45, 2.75) is 51.0 Å². The predicted molar refractivity (Wildman–Crippen MR) is 87.8 cm³/mol. The van der Waals surface area contributed by atoms with Crippen molar-refractivity contribution in [3.63, 3.8) is 0 Å². The van der Waals surface area contributed by atoms with Crippen molar-refractivity contribution < 1.29 is 4.79 Å². The van der Waals surface area contributed by atoms with Crippen LogP contribution in [0.4, 0.5) is 0 Å². The van der Waals surface area contributed by atoms with E-state index in [1.165, 1.54) is 42.4 Å². The third-order valence-corrected chi connectivity index (χ3v) is 4.74. The molecule has 21 heavy (non-hydrogen) atoms. The molecule has 4 heteroatoms. The number of amides is 1. The lowest BCUT2D eigenvalue weighted by molar-refractivity contribution is -0.131. The fourth-order valence-corrected chi connectivity index (χ4v) is 3.58. The quantitative estimate of drug-likeness (QED) is 0.932. The number of hydrogen-bond acceptors (Lipinski definition) is 2. The first kappa shape index (κ1) is 16.3. The van der Waals surface area contributed by atoms with E-state index in [0.717, 1.165) is 19.4 Å². The van der Waals surface area contributed by atoms with E-state index in [0.29, 0.717) is 13.0 Å². The second-order valence-corrected chi connectivity index (χ2v) is 6.11. The smallest absolute Gasteiger partial charge is 0.227 e. The average Bonchev–Trinajstić information content (AvgIpc) is 2.95. The van der Waals surface area contributed by atoms with Gasteiger partial charge >= 0.3 is 0 Å². The van der Waals surface area contributed by atoms with Gasteiger partial charge in [-0.1, -0.05) is 18.2 Å². The minimum absolute atomic E-state index is 0. The predicted octanol–water partition coefficient (Wildman–Crippen LogP) is 2.48. The third kappa shape index (κ3) is 3.58. The van der Waals surface area contributed by atoms with Crippen LogP contribution in [0.15, 0.2) is 18.2 Å². The van der Waals surface area contributed by atoms with Crippen LogP contribution in [0.1, 0.15) is 42.4 Å². The van der Waals surface area contributed by atoms with Crippen molar-refractivity contribution >= 4 is 18.3 Å². The van der Waals surface area contributed by atoms with Gasteiger partial charge in [0.1, 0.15) is 0 Å². The summed E-state index contributed by atoms with van der Waals surface area (Å²) in [6, 6.07) is 6.87. The zero-order chi connectivity index (χ0) is 13.9. The zero-order valence-electron chi connectivity index (χ0n) is 12.5. The van der Waals surface area contributed by atoms with Crippen molar-refractivity contribution in [1.29, 1.82) is 0 Å². The second-order valence-electron chi connectivity index (χ2n) is 6.11. The van der Waals surface area contributed by atoms with Gasteiger partial charge in [0.25, 0.3) is 0 Å². The Hall–Kier alpha value is -1.06. The fourth-order valence-electron chi connectivity index (χ4n) is 3.58. The van der Waals surface area contributed by atoms with Gasteiger partial charge in [0.2, 0.25) is 5.91 Å². The van der Waals surface area contributed by atoms with Crippen LogP contribution in [-0.2, 0) is 24.1 Å². The summed E-state index contributed by atoms with van der Waals surface area (Å²) >= 11 is 0. The molecule has 1 amide bonds. The van der Waals surface area contributed by atoms with Gasteiger partial charge in [-0.3, -0.25) is 4.79 Å². The Morgan fingerprint density at radius 1 is 1.19 bits per heavy atom. The van der Waals surface area contributed by atoms with Crippen LogP contribution < -0.4 is 5.73 Å². The van der Waals surface area contributed by atoms with Crippen molar-refractivity contribution in [3.05, 3.63) is 34.9 Å². The fraction of sp³-hybridized carbons (Fsp3) is 0.588. The Labute approximate surface area is 133 Å². The van der Waals surface area contributed by atoms with E-state index in [4.69, 9.17) is 5.73 Å². The maximum absolute atomic E-state index is 12.4. The van der Waals surface area contributed by atoms with E-state index < -0.39 is 0 Å². The molecule has 1 unspecified atom stereocenters. The molecule has 1 atom stereocenters. The maximum atomic E-state index is 12.4. The Morgan fingerprint density at radius 3 is 2.71 bits per heavy atom.